The Balaban J connectivity index is 2.18. The summed E-state index contributed by atoms with van der Waals surface area (Å²) in [7, 11) is 0. The van der Waals surface area contributed by atoms with E-state index in [-0.39, 0.29) is 11.7 Å². The van der Waals surface area contributed by atoms with Crippen LogP contribution in [0.5, 0.6) is 5.75 Å². The molecule has 1 N–H and O–H groups in total. The first-order chi connectivity index (χ1) is 9.06. The molecule has 0 atom stereocenters. The van der Waals surface area contributed by atoms with E-state index >= 15 is 0 Å². The number of hydrogen-bond donors (Lipinski definition) is 1. The van der Waals surface area contributed by atoms with Crippen LogP contribution in [0.1, 0.15) is 25.6 Å². The number of rotatable bonds is 2. The Morgan fingerprint density at radius 3 is 2.84 bits per heavy atom. The number of phenols is 1. The van der Waals surface area contributed by atoms with Crippen molar-refractivity contribution in [1.82, 2.24) is 19.8 Å². The van der Waals surface area contributed by atoms with Crippen molar-refractivity contribution < 1.29 is 5.11 Å². The molecule has 0 unspecified atom stereocenters. The number of benzene rings is 1. The average molecular weight is 386 g/mol. The Morgan fingerprint density at radius 2 is 2.11 bits per heavy atom. The molecule has 0 aliphatic rings. The quantitative estimate of drug-likeness (QED) is 0.687. The van der Waals surface area contributed by atoms with Gasteiger partial charge in [0.15, 0.2) is 10.8 Å². The van der Waals surface area contributed by atoms with Crippen molar-refractivity contribution in [2.75, 3.05) is 0 Å². The smallest absolute Gasteiger partial charge is 0.234 e. The molecule has 0 bridgehead atoms. The van der Waals surface area contributed by atoms with Gasteiger partial charge in [-0.25, -0.2) is 0 Å². The second-order valence-corrected chi connectivity index (χ2v) is 6.68. The largest absolute Gasteiger partial charge is 0.507 e. The molecule has 2 heterocycles. The highest BCUT2D eigenvalue weighted by atomic mass is 127. The van der Waals surface area contributed by atoms with Crippen LogP contribution >= 0.6 is 33.9 Å². The maximum absolute atomic E-state index is 9.95. The number of hydrogen-bond acceptors (Lipinski definition) is 5. The molecule has 0 radical (unpaired) electrons. The predicted octanol–water partition coefficient (Wildman–Crippen LogP) is 3.29. The fourth-order valence-corrected chi connectivity index (χ4v) is 3.14. The van der Waals surface area contributed by atoms with E-state index in [1.807, 2.05) is 12.1 Å². The minimum atomic E-state index is 0.233. The lowest BCUT2D eigenvalue weighted by Crippen LogP contribution is -1.97. The molecule has 3 rings (SSSR count). The lowest BCUT2D eigenvalue weighted by Gasteiger charge is -2.01. The molecule has 0 saturated carbocycles. The summed E-state index contributed by atoms with van der Waals surface area (Å²) < 4.78 is 2.81. The Kier molecular flexibility index (Phi) is 3.17. The van der Waals surface area contributed by atoms with Gasteiger partial charge in [-0.2, -0.15) is 9.61 Å². The van der Waals surface area contributed by atoms with E-state index in [2.05, 4.69) is 51.7 Å². The molecule has 5 nitrogen and oxygen atoms in total. The lowest BCUT2D eigenvalue weighted by atomic mass is 10.2. The first-order valence-corrected chi connectivity index (χ1v) is 7.67. The summed E-state index contributed by atoms with van der Waals surface area (Å²) in [4.78, 5) is 0.747. The van der Waals surface area contributed by atoms with Gasteiger partial charge in [-0.05, 0) is 40.8 Å². The Morgan fingerprint density at radius 1 is 1.32 bits per heavy atom. The van der Waals surface area contributed by atoms with E-state index < -0.39 is 0 Å². The highest BCUT2D eigenvalue weighted by molar-refractivity contribution is 14.1. The lowest BCUT2D eigenvalue weighted by molar-refractivity contribution is 0.477. The fraction of sp³-hybridized carbons (Fsp3) is 0.250. The topological polar surface area (TPSA) is 63.3 Å². The van der Waals surface area contributed by atoms with Gasteiger partial charge < -0.3 is 5.11 Å². The van der Waals surface area contributed by atoms with Crippen molar-refractivity contribution in [2.45, 2.75) is 19.8 Å². The van der Waals surface area contributed by atoms with Gasteiger partial charge in [-0.3, -0.25) is 0 Å². The summed E-state index contributed by atoms with van der Waals surface area (Å²) in [6.45, 7) is 4.11. The molecule has 0 fully saturated rings. The summed E-state index contributed by atoms with van der Waals surface area (Å²) in [5.41, 5.74) is 0.733. The van der Waals surface area contributed by atoms with Crippen molar-refractivity contribution in [1.29, 1.82) is 0 Å². The molecule has 98 valence electrons. The molecular weight excluding hydrogens is 375 g/mol. The molecule has 3 aromatic rings. The third kappa shape index (κ3) is 2.20. The van der Waals surface area contributed by atoms with Crippen LogP contribution in [-0.2, 0) is 0 Å². The third-order valence-electron chi connectivity index (χ3n) is 2.72. The van der Waals surface area contributed by atoms with Gasteiger partial charge in [-0.15, -0.1) is 10.2 Å². The zero-order chi connectivity index (χ0) is 13.6. The second kappa shape index (κ2) is 4.71. The Hall–Kier alpha value is -1.22. The summed E-state index contributed by atoms with van der Waals surface area (Å²) in [6.07, 6.45) is 0. The standard InChI is InChI=1S/C12H11IN4OS/c1-6(2)10-14-15-12-17(10)16-11(19-12)8-5-7(13)3-4-9(8)18/h3-6,18H,1-2H3. The minimum Gasteiger partial charge on any atom is -0.507 e. The van der Waals surface area contributed by atoms with Gasteiger partial charge in [0, 0.05) is 9.49 Å². The maximum atomic E-state index is 9.95. The van der Waals surface area contributed by atoms with Gasteiger partial charge in [0.2, 0.25) is 4.96 Å². The van der Waals surface area contributed by atoms with Crippen molar-refractivity contribution in [3.8, 4) is 16.3 Å². The Labute approximate surface area is 127 Å². The van der Waals surface area contributed by atoms with Crippen LogP contribution in [0.2, 0.25) is 0 Å². The highest BCUT2D eigenvalue weighted by Crippen LogP contribution is 2.33. The zero-order valence-corrected chi connectivity index (χ0v) is 13.3. The van der Waals surface area contributed by atoms with Crippen LogP contribution in [0.3, 0.4) is 0 Å². The molecule has 2 aromatic heterocycles. The number of aromatic hydroxyl groups is 1. The number of aromatic nitrogens is 4. The van der Waals surface area contributed by atoms with E-state index in [0.29, 0.717) is 0 Å². The van der Waals surface area contributed by atoms with E-state index in [9.17, 15) is 5.11 Å². The molecule has 19 heavy (non-hydrogen) atoms. The number of phenolic OH excluding ortho intramolecular Hbond substituents is 1. The van der Waals surface area contributed by atoms with Crippen LogP contribution in [0.4, 0.5) is 0 Å². The average Bonchev–Trinajstić information content (AvgIpc) is 2.91. The van der Waals surface area contributed by atoms with Crippen LogP contribution in [-0.4, -0.2) is 24.9 Å². The molecule has 1 aromatic carbocycles. The minimum absolute atomic E-state index is 0.233. The van der Waals surface area contributed by atoms with E-state index in [0.717, 1.165) is 24.9 Å². The number of halogens is 1. The fourth-order valence-electron chi connectivity index (χ4n) is 1.78. The normalized spacial score (nSPS) is 11.6. The first-order valence-electron chi connectivity index (χ1n) is 5.77. The summed E-state index contributed by atoms with van der Waals surface area (Å²) in [6, 6.07) is 5.46. The van der Waals surface area contributed by atoms with Gasteiger partial charge in [-0.1, -0.05) is 25.2 Å². The molecular formula is C12H11IN4OS. The molecule has 0 amide bonds. The van der Waals surface area contributed by atoms with Gasteiger partial charge >= 0.3 is 0 Å². The SMILES string of the molecule is CC(C)c1nnc2sc(-c3cc(I)ccc3O)nn12. The van der Waals surface area contributed by atoms with Crippen LogP contribution in [0, 0.1) is 3.57 Å². The molecule has 0 spiro atoms. The Bertz CT molecular complexity index is 749. The van der Waals surface area contributed by atoms with Gasteiger partial charge in [0.05, 0.1) is 5.56 Å². The monoisotopic (exact) mass is 386 g/mol. The summed E-state index contributed by atoms with van der Waals surface area (Å²) in [5, 5.41) is 23.5. The first kappa shape index (κ1) is 12.8. The predicted molar refractivity (Wildman–Crippen MR) is 82.6 cm³/mol. The van der Waals surface area contributed by atoms with Crippen LogP contribution in [0.15, 0.2) is 18.2 Å². The summed E-state index contributed by atoms with van der Waals surface area (Å²) >= 11 is 3.64. The summed E-state index contributed by atoms with van der Waals surface area (Å²) in [5.74, 6) is 1.33. The van der Waals surface area contributed by atoms with Crippen molar-refractivity contribution in [2.24, 2.45) is 0 Å². The van der Waals surface area contributed by atoms with E-state index in [4.69, 9.17) is 0 Å². The molecule has 0 aliphatic carbocycles. The van der Waals surface area contributed by atoms with E-state index in [1.165, 1.54) is 11.3 Å². The second-order valence-electron chi connectivity index (χ2n) is 4.48. The van der Waals surface area contributed by atoms with Gasteiger partial charge in [0.1, 0.15) is 5.75 Å². The number of fused-ring (bicyclic) bond motifs is 1. The van der Waals surface area contributed by atoms with E-state index in [1.54, 1.807) is 10.6 Å². The van der Waals surface area contributed by atoms with Crippen molar-refractivity contribution in [3.63, 3.8) is 0 Å². The van der Waals surface area contributed by atoms with Crippen LogP contribution < -0.4 is 0 Å². The highest BCUT2D eigenvalue weighted by Gasteiger charge is 2.16. The van der Waals surface area contributed by atoms with Crippen molar-refractivity contribution >= 4 is 38.9 Å². The zero-order valence-electron chi connectivity index (χ0n) is 10.3. The third-order valence-corrected chi connectivity index (χ3v) is 4.32. The molecule has 0 saturated heterocycles. The van der Waals surface area contributed by atoms with Crippen molar-refractivity contribution in [3.05, 3.63) is 27.6 Å². The van der Waals surface area contributed by atoms with Gasteiger partial charge in [0.25, 0.3) is 0 Å². The number of nitrogens with zero attached hydrogens (tertiary/aromatic N) is 4. The van der Waals surface area contributed by atoms with Crippen LogP contribution in [0.25, 0.3) is 15.5 Å². The molecule has 7 heteroatoms. The maximum Gasteiger partial charge on any atom is 0.234 e. The molecule has 0 aliphatic heterocycles.